The number of fused-ring (bicyclic) bond motifs is 4. The number of hydrogen-bond donors (Lipinski definition) is 2. The Kier molecular flexibility index (Phi) is 6.02. The van der Waals surface area contributed by atoms with E-state index in [9.17, 15) is 0 Å². The van der Waals surface area contributed by atoms with E-state index in [0.29, 0.717) is 17.5 Å². The number of hydrogen-bond acceptors (Lipinski definition) is 5. The molecule has 6 aromatic carbocycles. The first-order chi connectivity index (χ1) is 21.6. The van der Waals surface area contributed by atoms with E-state index in [4.69, 9.17) is 25.8 Å². The van der Waals surface area contributed by atoms with Crippen molar-refractivity contribution in [2.75, 3.05) is 0 Å². The normalized spacial score (nSPS) is 12.5. The zero-order valence-electron chi connectivity index (χ0n) is 23.6. The molecule has 0 saturated heterocycles. The van der Waals surface area contributed by atoms with Gasteiger partial charge in [0.15, 0.2) is 17.5 Å². The van der Waals surface area contributed by atoms with Crippen molar-refractivity contribution < 1.29 is 0 Å². The zero-order chi connectivity index (χ0) is 29.6. The molecule has 0 bridgehead atoms. The van der Waals surface area contributed by atoms with Gasteiger partial charge in [-0.15, -0.1) is 0 Å². The summed E-state index contributed by atoms with van der Waals surface area (Å²) in [5.74, 6) is 1.86. The van der Waals surface area contributed by atoms with Crippen LogP contribution in [0.1, 0.15) is 11.1 Å². The van der Waals surface area contributed by atoms with Gasteiger partial charge >= 0.3 is 0 Å². The minimum Gasteiger partial charge on any atom is -0.299 e. The highest BCUT2D eigenvalue weighted by atomic mass is 15.0. The summed E-state index contributed by atoms with van der Waals surface area (Å²) >= 11 is 0. The van der Waals surface area contributed by atoms with Crippen LogP contribution in [0.3, 0.4) is 0 Å². The van der Waals surface area contributed by atoms with E-state index in [-0.39, 0.29) is 11.4 Å². The Morgan fingerprint density at radius 3 is 1.82 bits per heavy atom. The number of rotatable bonds is 4. The molecule has 0 unspecified atom stereocenters. The van der Waals surface area contributed by atoms with Gasteiger partial charge in [0, 0.05) is 22.3 Å². The minimum atomic E-state index is 0.233. The molecular formula is C39H25N5. The molecule has 1 aliphatic rings. The zero-order valence-corrected chi connectivity index (χ0v) is 23.6. The average molecular weight is 564 g/mol. The molecular weight excluding hydrogens is 538 g/mol. The van der Waals surface area contributed by atoms with Crippen LogP contribution in [0, 0.1) is 10.8 Å². The lowest BCUT2D eigenvalue weighted by atomic mass is 9.88. The third kappa shape index (κ3) is 4.48. The molecule has 206 valence electrons. The molecule has 8 rings (SSSR count). The largest absolute Gasteiger partial charge is 0.299 e. The van der Waals surface area contributed by atoms with Crippen molar-refractivity contribution in [2.24, 2.45) is 0 Å². The van der Waals surface area contributed by atoms with Crippen molar-refractivity contribution in [1.29, 1.82) is 10.8 Å². The molecule has 7 aromatic rings. The summed E-state index contributed by atoms with van der Waals surface area (Å²) in [7, 11) is 0. The highest BCUT2D eigenvalue weighted by molar-refractivity contribution is 6.53. The van der Waals surface area contributed by atoms with Crippen molar-refractivity contribution in [3.05, 3.63) is 145 Å². The van der Waals surface area contributed by atoms with E-state index in [1.54, 1.807) is 6.08 Å². The van der Waals surface area contributed by atoms with Gasteiger partial charge in [-0.3, -0.25) is 10.8 Å². The van der Waals surface area contributed by atoms with Crippen molar-refractivity contribution in [1.82, 2.24) is 15.0 Å². The molecule has 1 aliphatic carbocycles. The van der Waals surface area contributed by atoms with Crippen LogP contribution in [-0.2, 0) is 0 Å². The summed E-state index contributed by atoms with van der Waals surface area (Å²) in [6.45, 7) is 0. The van der Waals surface area contributed by atoms with E-state index >= 15 is 0 Å². The molecule has 2 N–H and O–H groups in total. The van der Waals surface area contributed by atoms with Gasteiger partial charge in [0.2, 0.25) is 0 Å². The first-order valence-corrected chi connectivity index (χ1v) is 14.4. The minimum absolute atomic E-state index is 0.233. The maximum atomic E-state index is 8.50. The van der Waals surface area contributed by atoms with E-state index in [2.05, 4.69) is 66.7 Å². The lowest BCUT2D eigenvalue weighted by Gasteiger charge is -2.16. The van der Waals surface area contributed by atoms with Crippen LogP contribution in [0.4, 0.5) is 0 Å². The fourth-order valence-electron chi connectivity index (χ4n) is 5.85. The topological polar surface area (TPSA) is 86.4 Å². The van der Waals surface area contributed by atoms with Crippen molar-refractivity contribution >= 4 is 39.0 Å². The maximum Gasteiger partial charge on any atom is 0.164 e. The predicted octanol–water partition coefficient (Wildman–Crippen LogP) is 9.26. The Morgan fingerprint density at radius 2 is 1.00 bits per heavy atom. The molecule has 44 heavy (non-hydrogen) atoms. The van der Waals surface area contributed by atoms with E-state index in [0.717, 1.165) is 55.1 Å². The molecule has 0 atom stereocenters. The quantitative estimate of drug-likeness (QED) is 0.224. The standard InChI is InChI=1S/C39H25N5/c40-34-20-18-25-14-15-30-21-29(17-19-33(30)35(25)36(34)41)28-11-6-12-31(23-28)38-42-37(26-8-2-1-3-9-26)43-39(44-38)32-16-13-24-7-4-5-10-27(24)22-32/h1-23,40-41H. The molecule has 5 nitrogen and oxygen atoms in total. The number of benzene rings is 6. The second kappa shape index (κ2) is 10.3. The average Bonchev–Trinajstić information content (AvgIpc) is 3.09. The van der Waals surface area contributed by atoms with Crippen molar-refractivity contribution in [2.45, 2.75) is 0 Å². The Bertz CT molecular complexity index is 2320. The van der Waals surface area contributed by atoms with Gasteiger partial charge < -0.3 is 0 Å². The summed E-state index contributed by atoms with van der Waals surface area (Å²) in [6.07, 6.45) is 3.60. The monoisotopic (exact) mass is 563 g/mol. The van der Waals surface area contributed by atoms with E-state index in [1.165, 1.54) is 5.39 Å². The molecule has 0 saturated carbocycles. The summed E-state index contributed by atoms with van der Waals surface area (Å²) in [6, 6.07) is 43.3. The maximum absolute atomic E-state index is 8.50. The van der Waals surface area contributed by atoms with Crippen molar-refractivity contribution in [3.8, 4) is 45.3 Å². The third-order valence-electron chi connectivity index (χ3n) is 8.13. The molecule has 0 amide bonds. The van der Waals surface area contributed by atoms with Gasteiger partial charge in [-0.2, -0.15) is 0 Å². The van der Waals surface area contributed by atoms with E-state index in [1.807, 2.05) is 66.7 Å². The summed E-state index contributed by atoms with van der Waals surface area (Å²) < 4.78 is 0. The Labute approximate surface area is 254 Å². The highest BCUT2D eigenvalue weighted by Crippen LogP contribution is 2.33. The number of aromatic nitrogens is 3. The van der Waals surface area contributed by atoms with Gasteiger partial charge in [-0.05, 0) is 62.5 Å². The summed E-state index contributed by atoms with van der Waals surface area (Å²) in [4.78, 5) is 14.8. The summed E-state index contributed by atoms with van der Waals surface area (Å²) in [5, 5.41) is 20.9. The lowest BCUT2D eigenvalue weighted by molar-refractivity contribution is 1.07. The van der Waals surface area contributed by atoms with Crippen LogP contribution < -0.4 is 0 Å². The van der Waals surface area contributed by atoms with Crippen LogP contribution in [-0.4, -0.2) is 26.4 Å². The molecule has 0 spiro atoms. The number of allylic oxidation sites excluding steroid dienone is 1. The van der Waals surface area contributed by atoms with Gasteiger partial charge in [-0.25, -0.2) is 15.0 Å². The predicted molar refractivity (Wildman–Crippen MR) is 180 cm³/mol. The van der Waals surface area contributed by atoms with Crippen LogP contribution in [0.15, 0.2) is 133 Å². The van der Waals surface area contributed by atoms with Crippen LogP contribution >= 0.6 is 0 Å². The fraction of sp³-hybridized carbons (Fsp3) is 0. The second-order valence-electron chi connectivity index (χ2n) is 10.9. The van der Waals surface area contributed by atoms with E-state index < -0.39 is 0 Å². The smallest absolute Gasteiger partial charge is 0.164 e. The number of nitrogens with zero attached hydrogens (tertiary/aromatic N) is 3. The van der Waals surface area contributed by atoms with Crippen LogP contribution in [0.2, 0.25) is 0 Å². The van der Waals surface area contributed by atoms with Gasteiger partial charge in [-0.1, -0.05) is 115 Å². The first-order valence-electron chi connectivity index (χ1n) is 14.4. The van der Waals surface area contributed by atoms with Gasteiger partial charge in [0.05, 0.1) is 11.4 Å². The Hall–Kier alpha value is -6.07. The molecule has 5 heteroatoms. The highest BCUT2D eigenvalue weighted by Gasteiger charge is 2.18. The van der Waals surface area contributed by atoms with Gasteiger partial charge in [0.25, 0.3) is 0 Å². The second-order valence-corrected chi connectivity index (χ2v) is 10.9. The van der Waals surface area contributed by atoms with Gasteiger partial charge in [0.1, 0.15) is 0 Å². The molecule has 1 heterocycles. The molecule has 0 fully saturated rings. The molecule has 0 aliphatic heterocycles. The molecule has 1 aromatic heterocycles. The van der Waals surface area contributed by atoms with Crippen LogP contribution in [0.5, 0.6) is 0 Å². The lowest BCUT2D eigenvalue weighted by Crippen LogP contribution is -2.16. The van der Waals surface area contributed by atoms with Crippen LogP contribution in [0.25, 0.3) is 72.9 Å². The SMILES string of the molecule is N=C1C=Cc2ccc3cc(-c4cccc(-c5nc(-c6ccccc6)nc(-c6ccc7ccccc7c6)n5)c4)ccc3c2C1=N. The number of nitrogens with one attached hydrogen (secondary N) is 2. The Balaban J connectivity index is 1.24. The van der Waals surface area contributed by atoms with Crippen molar-refractivity contribution in [3.63, 3.8) is 0 Å². The third-order valence-corrected chi connectivity index (χ3v) is 8.13. The fourth-order valence-corrected chi connectivity index (χ4v) is 5.85. The first kappa shape index (κ1) is 25.6. The summed E-state index contributed by atoms with van der Waals surface area (Å²) in [5.41, 5.74) is 7.14. The molecule has 0 radical (unpaired) electrons. The Morgan fingerprint density at radius 1 is 0.409 bits per heavy atom.